The topological polar surface area (TPSA) is 49.5 Å². The van der Waals surface area contributed by atoms with Gasteiger partial charge in [-0.3, -0.25) is 4.90 Å². The molecule has 0 spiro atoms. The summed E-state index contributed by atoms with van der Waals surface area (Å²) >= 11 is 6.17. The van der Waals surface area contributed by atoms with E-state index in [1.54, 1.807) is 0 Å². The van der Waals surface area contributed by atoms with Crippen molar-refractivity contribution in [2.75, 3.05) is 20.1 Å². The third kappa shape index (κ3) is 2.88. The lowest BCUT2D eigenvalue weighted by Gasteiger charge is -2.22. The summed E-state index contributed by atoms with van der Waals surface area (Å²) in [5.41, 5.74) is 7.88. The molecular weight excluding hydrogens is 260 g/mol. The van der Waals surface area contributed by atoms with Gasteiger partial charge >= 0.3 is 0 Å². The van der Waals surface area contributed by atoms with Gasteiger partial charge in [-0.05, 0) is 43.5 Å². The monoisotopic (exact) mass is 282 g/mol. The Morgan fingerprint density at radius 3 is 2.68 bits per heavy atom. The predicted molar refractivity (Wildman–Crippen MR) is 79.7 cm³/mol. The van der Waals surface area contributed by atoms with Crippen molar-refractivity contribution < 1.29 is 5.11 Å². The van der Waals surface area contributed by atoms with E-state index >= 15 is 0 Å². The van der Waals surface area contributed by atoms with Crippen molar-refractivity contribution in [1.29, 1.82) is 0 Å². The first-order valence-electron chi connectivity index (χ1n) is 6.86. The number of halogens is 1. The highest BCUT2D eigenvalue weighted by Gasteiger charge is 2.32. The SMILES string of the molecule is CC(C)c1cc(Cl)c(O)c(C2CC(CN)CN2C)c1. The molecule has 0 saturated carbocycles. The Morgan fingerprint density at radius 1 is 1.47 bits per heavy atom. The second-order valence-corrected chi connectivity index (χ2v) is 6.30. The largest absolute Gasteiger partial charge is 0.506 e. The van der Waals surface area contributed by atoms with Gasteiger partial charge in [0, 0.05) is 18.2 Å². The molecular formula is C15H23ClN2O. The van der Waals surface area contributed by atoms with Gasteiger partial charge in [-0.25, -0.2) is 0 Å². The number of aromatic hydroxyl groups is 1. The standard InChI is InChI=1S/C15H23ClN2O/c1-9(2)11-5-12(15(19)13(16)6-11)14-4-10(7-17)8-18(14)3/h5-6,9-10,14,19H,4,7-8,17H2,1-3H3. The van der Waals surface area contributed by atoms with Crippen LogP contribution < -0.4 is 5.73 Å². The lowest BCUT2D eigenvalue weighted by atomic mass is 9.94. The van der Waals surface area contributed by atoms with Crippen molar-refractivity contribution in [3.63, 3.8) is 0 Å². The molecule has 19 heavy (non-hydrogen) atoms. The summed E-state index contributed by atoms with van der Waals surface area (Å²) in [5.74, 6) is 1.12. The van der Waals surface area contributed by atoms with Crippen LogP contribution in [-0.2, 0) is 0 Å². The van der Waals surface area contributed by atoms with Crippen molar-refractivity contribution in [2.24, 2.45) is 11.7 Å². The van der Waals surface area contributed by atoms with Gasteiger partial charge < -0.3 is 10.8 Å². The van der Waals surface area contributed by atoms with E-state index in [1.165, 1.54) is 5.56 Å². The summed E-state index contributed by atoms with van der Waals surface area (Å²) in [6, 6.07) is 4.16. The molecule has 2 rings (SSSR count). The molecule has 0 radical (unpaired) electrons. The molecule has 0 amide bonds. The van der Waals surface area contributed by atoms with Crippen LogP contribution in [0.1, 0.15) is 43.4 Å². The molecule has 1 aromatic rings. The van der Waals surface area contributed by atoms with Crippen molar-refractivity contribution >= 4 is 11.6 Å². The summed E-state index contributed by atoms with van der Waals surface area (Å²) < 4.78 is 0. The Morgan fingerprint density at radius 2 is 2.16 bits per heavy atom. The first kappa shape index (κ1) is 14.6. The third-order valence-corrected chi connectivity index (χ3v) is 4.40. The Bertz CT molecular complexity index is 462. The Balaban J connectivity index is 2.39. The van der Waals surface area contributed by atoms with Gasteiger partial charge in [-0.15, -0.1) is 0 Å². The number of hydrogen-bond donors (Lipinski definition) is 2. The van der Waals surface area contributed by atoms with E-state index in [2.05, 4.69) is 31.9 Å². The molecule has 1 aliphatic heterocycles. The van der Waals surface area contributed by atoms with Gasteiger partial charge in [0.2, 0.25) is 0 Å². The Kier molecular flexibility index (Phi) is 4.39. The lowest BCUT2D eigenvalue weighted by Crippen LogP contribution is -2.20. The zero-order chi connectivity index (χ0) is 14.2. The summed E-state index contributed by atoms with van der Waals surface area (Å²) in [6.45, 7) is 5.93. The highest BCUT2D eigenvalue weighted by molar-refractivity contribution is 6.32. The van der Waals surface area contributed by atoms with E-state index in [4.69, 9.17) is 17.3 Å². The maximum Gasteiger partial charge on any atom is 0.138 e. The van der Waals surface area contributed by atoms with Crippen molar-refractivity contribution in [1.82, 2.24) is 4.90 Å². The average molecular weight is 283 g/mol. The van der Waals surface area contributed by atoms with Crippen LogP contribution in [0, 0.1) is 5.92 Å². The number of nitrogens with zero attached hydrogens (tertiary/aromatic N) is 1. The molecule has 1 aromatic carbocycles. The average Bonchev–Trinajstić information content (AvgIpc) is 2.73. The number of likely N-dealkylation sites (tertiary alicyclic amines) is 1. The number of rotatable bonds is 3. The maximum atomic E-state index is 10.3. The molecule has 0 aromatic heterocycles. The van der Waals surface area contributed by atoms with E-state index < -0.39 is 0 Å². The first-order chi connectivity index (χ1) is 8.93. The molecule has 0 aliphatic carbocycles. The second-order valence-electron chi connectivity index (χ2n) is 5.89. The van der Waals surface area contributed by atoms with Crippen molar-refractivity contribution in [2.45, 2.75) is 32.2 Å². The van der Waals surface area contributed by atoms with Crippen LogP contribution in [0.2, 0.25) is 5.02 Å². The zero-order valence-electron chi connectivity index (χ0n) is 11.9. The minimum atomic E-state index is 0.213. The molecule has 2 atom stereocenters. The Hall–Kier alpha value is -0.770. The third-order valence-electron chi connectivity index (χ3n) is 4.11. The number of nitrogens with two attached hydrogens (primary N) is 1. The molecule has 0 bridgehead atoms. The van der Waals surface area contributed by atoms with Gasteiger partial charge in [0.1, 0.15) is 5.75 Å². The van der Waals surface area contributed by atoms with Crippen LogP contribution in [0.5, 0.6) is 5.75 Å². The summed E-state index contributed by atoms with van der Waals surface area (Å²) in [6.07, 6.45) is 0.985. The van der Waals surface area contributed by atoms with Crippen LogP contribution in [0.4, 0.5) is 0 Å². The van der Waals surface area contributed by atoms with Crippen molar-refractivity contribution in [3.8, 4) is 5.75 Å². The first-order valence-corrected chi connectivity index (χ1v) is 7.24. The molecule has 2 unspecified atom stereocenters. The van der Waals surface area contributed by atoms with Gasteiger partial charge in [0.25, 0.3) is 0 Å². The Labute approximate surface area is 120 Å². The number of hydrogen-bond acceptors (Lipinski definition) is 3. The highest BCUT2D eigenvalue weighted by atomic mass is 35.5. The highest BCUT2D eigenvalue weighted by Crippen LogP contribution is 2.42. The van der Waals surface area contributed by atoms with E-state index in [1.807, 2.05) is 6.07 Å². The van der Waals surface area contributed by atoms with Crippen LogP contribution in [-0.4, -0.2) is 30.1 Å². The molecule has 3 nitrogen and oxygen atoms in total. The molecule has 3 N–H and O–H groups in total. The predicted octanol–water partition coefficient (Wildman–Crippen LogP) is 3.12. The van der Waals surface area contributed by atoms with Crippen LogP contribution in [0.25, 0.3) is 0 Å². The second kappa shape index (κ2) is 5.70. The molecule has 1 saturated heterocycles. The summed E-state index contributed by atoms with van der Waals surface area (Å²) in [7, 11) is 2.08. The van der Waals surface area contributed by atoms with Gasteiger partial charge in [-0.1, -0.05) is 31.5 Å². The molecule has 106 valence electrons. The van der Waals surface area contributed by atoms with Gasteiger partial charge in [0.15, 0.2) is 0 Å². The van der Waals surface area contributed by atoms with E-state index in [0.717, 1.165) is 18.5 Å². The van der Waals surface area contributed by atoms with Crippen molar-refractivity contribution in [3.05, 3.63) is 28.3 Å². The van der Waals surface area contributed by atoms with Gasteiger partial charge in [-0.2, -0.15) is 0 Å². The molecule has 1 fully saturated rings. The number of phenols is 1. The number of phenolic OH excluding ortho intramolecular Hbond substituents is 1. The van der Waals surface area contributed by atoms with Crippen LogP contribution in [0.15, 0.2) is 12.1 Å². The van der Waals surface area contributed by atoms with Crippen LogP contribution >= 0.6 is 11.6 Å². The maximum absolute atomic E-state index is 10.3. The number of benzene rings is 1. The van der Waals surface area contributed by atoms with E-state index in [0.29, 0.717) is 23.4 Å². The minimum absolute atomic E-state index is 0.213. The van der Waals surface area contributed by atoms with E-state index in [-0.39, 0.29) is 11.8 Å². The fourth-order valence-corrected chi connectivity index (χ4v) is 3.10. The minimum Gasteiger partial charge on any atom is -0.506 e. The fraction of sp³-hybridized carbons (Fsp3) is 0.600. The summed E-state index contributed by atoms with van der Waals surface area (Å²) in [5, 5.41) is 10.7. The van der Waals surface area contributed by atoms with Gasteiger partial charge in [0.05, 0.1) is 5.02 Å². The quantitative estimate of drug-likeness (QED) is 0.895. The fourth-order valence-electron chi connectivity index (χ4n) is 2.87. The van der Waals surface area contributed by atoms with E-state index in [9.17, 15) is 5.11 Å². The molecule has 1 heterocycles. The normalized spacial score (nSPS) is 24.3. The molecule has 4 heteroatoms. The van der Waals surface area contributed by atoms with Crippen LogP contribution in [0.3, 0.4) is 0 Å². The molecule has 1 aliphatic rings. The smallest absolute Gasteiger partial charge is 0.138 e. The zero-order valence-corrected chi connectivity index (χ0v) is 12.6. The summed E-state index contributed by atoms with van der Waals surface area (Å²) in [4.78, 5) is 2.26. The lowest BCUT2D eigenvalue weighted by molar-refractivity contribution is 0.305.